The van der Waals surface area contributed by atoms with Gasteiger partial charge in [-0.3, -0.25) is 4.79 Å². The van der Waals surface area contributed by atoms with Crippen molar-refractivity contribution in [1.82, 2.24) is 20.2 Å². The minimum Gasteiger partial charge on any atom is -0.454 e. The first-order valence-corrected chi connectivity index (χ1v) is 9.36. The second kappa shape index (κ2) is 9.59. The van der Waals surface area contributed by atoms with Crippen molar-refractivity contribution in [2.45, 2.75) is 32.4 Å². The Kier molecular flexibility index (Phi) is 6.67. The highest BCUT2D eigenvalue weighted by atomic mass is 16.5. The first kappa shape index (κ1) is 20.2. The standard InChI is InChI=1S/C21H23N5O3/c1-16(2)26(18-11-7-4-8-12-18)20(27)14-29-21(28)19(25-15-22-23-24-25)13-17-9-5-3-6-10-17/h3-12,15-16,19H,13-14H2,1-2H3/t19-/m1/s1. The summed E-state index contributed by atoms with van der Waals surface area (Å²) in [5.74, 6) is -0.860. The van der Waals surface area contributed by atoms with Crippen molar-refractivity contribution in [3.63, 3.8) is 0 Å². The van der Waals surface area contributed by atoms with E-state index in [1.807, 2.05) is 74.5 Å². The fourth-order valence-electron chi connectivity index (χ4n) is 3.05. The Morgan fingerprint density at radius 3 is 2.28 bits per heavy atom. The Balaban J connectivity index is 1.70. The van der Waals surface area contributed by atoms with Crippen LogP contribution in [-0.4, -0.2) is 44.7 Å². The molecule has 0 saturated heterocycles. The van der Waals surface area contributed by atoms with E-state index < -0.39 is 12.0 Å². The minimum atomic E-state index is -0.760. The second-order valence-electron chi connectivity index (χ2n) is 6.80. The summed E-state index contributed by atoms with van der Waals surface area (Å²) in [4.78, 5) is 27.1. The van der Waals surface area contributed by atoms with Gasteiger partial charge in [-0.2, -0.15) is 0 Å². The maximum Gasteiger partial charge on any atom is 0.331 e. The highest BCUT2D eigenvalue weighted by Gasteiger charge is 2.26. The Hall–Kier alpha value is -3.55. The van der Waals surface area contributed by atoms with Gasteiger partial charge in [0, 0.05) is 18.2 Å². The number of rotatable bonds is 8. The predicted octanol–water partition coefficient (Wildman–Crippen LogP) is 2.44. The van der Waals surface area contributed by atoms with Crippen LogP contribution in [0.1, 0.15) is 25.5 Å². The van der Waals surface area contributed by atoms with E-state index in [4.69, 9.17) is 4.74 Å². The first-order chi connectivity index (χ1) is 14.1. The molecule has 3 aromatic rings. The van der Waals surface area contributed by atoms with Gasteiger partial charge in [-0.15, -0.1) is 5.10 Å². The lowest BCUT2D eigenvalue weighted by atomic mass is 10.1. The van der Waals surface area contributed by atoms with Gasteiger partial charge >= 0.3 is 5.97 Å². The molecule has 0 N–H and O–H groups in total. The van der Waals surface area contributed by atoms with E-state index in [2.05, 4.69) is 15.5 Å². The Morgan fingerprint density at radius 2 is 1.69 bits per heavy atom. The maximum atomic E-state index is 12.8. The quantitative estimate of drug-likeness (QED) is 0.546. The van der Waals surface area contributed by atoms with Crippen LogP contribution < -0.4 is 4.90 Å². The third-order valence-corrected chi connectivity index (χ3v) is 4.39. The lowest BCUT2D eigenvalue weighted by Gasteiger charge is -2.27. The molecule has 0 spiro atoms. The number of amides is 1. The number of anilines is 1. The molecule has 29 heavy (non-hydrogen) atoms. The summed E-state index contributed by atoms with van der Waals surface area (Å²) in [6, 6.07) is 17.9. The zero-order chi connectivity index (χ0) is 20.6. The maximum absolute atomic E-state index is 12.8. The summed E-state index contributed by atoms with van der Waals surface area (Å²) < 4.78 is 6.71. The van der Waals surface area contributed by atoms with Gasteiger partial charge in [0.1, 0.15) is 6.33 Å². The average molecular weight is 393 g/mol. The molecule has 0 saturated carbocycles. The van der Waals surface area contributed by atoms with Crippen molar-refractivity contribution in [3.05, 3.63) is 72.6 Å². The van der Waals surface area contributed by atoms with E-state index in [1.165, 1.54) is 11.0 Å². The third kappa shape index (κ3) is 5.25. The molecule has 8 heteroatoms. The molecule has 0 bridgehead atoms. The van der Waals surface area contributed by atoms with Gasteiger partial charge in [-0.25, -0.2) is 9.48 Å². The summed E-state index contributed by atoms with van der Waals surface area (Å²) >= 11 is 0. The molecular formula is C21H23N5O3. The summed E-state index contributed by atoms with van der Waals surface area (Å²) in [6.07, 6.45) is 1.71. The zero-order valence-electron chi connectivity index (χ0n) is 16.4. The van der Waals surface area contributed by atoms with Crippen molar-refractivity contribution in [3.8, 4) is 0 Å². The molecule has 2 aromatic carbocycles. The molecule has 3 rings (SSSR count). The lowest BCUT2D eigenvalue weighted by molar-refractivity contribution is -0.151. The van der Waals surface area contributed by atoms with E-state index in [0.717, 1.165) is 11.3 Å². The van der Waals surface area contributed by atoms with Gasteiger partial charge in [0.25, 0.3) is 5.91 Å². The normalized spacial score (nSPS) is 11.8. The summed E-state index contributed by atoms with van der Waals surface area (Å²) in [5.41, 5.74) is 1.69. The van der Waals surface area contributed by atoms with Crippen LogP contribution in [0.2, 0.25) is 0 Å². The summed E-state index contributed by atoms with van der Waals surface area (Å²) in [6.45, 7) is 3.46. The van der Waals surface area contributed by atoms with Crippen LogP contribution in [0.5, 0.6) is 0 Å². The highest BCUT2D eigenvalue weighted by molar-refractivity contribution is 5.95. The van der Waals surface area contributed by atoms with Crippen LogP contribution in [-0.2, 0) is 20.7 Å². The van der Waals surface area contributed by atoms with Crippen LogP contribution in [0, 0.1) is 0 Å². The topological polar surface area (TPSA) is 90.2 Å². The molecule has 1 atom stereocenters. The zero-order valence-corrected chi connectivity index (χ0v) is 16.4. The predicted molar refractivity (Wildman–Crippen MR) is 107 cm³/mol. The number of hydrogen-bond donors (Lipinski definition) is 0. The molecule has 0 aliphatic rings. The number of nitrogens with zero attached hydrogens (tertiary/aromatic N) is 5. The third-order valence-electron chi connectivity index (χ3n) is 4.39. The number of esters is 1. The smallest absolute Gasteiger partial charge is 0.331 e. The number of hydrogen-bond acceptors (Lipinski definition) is 6. The minimum absolute atomic E-state index is 0.0803. The summed E-state index contributed by atoms with van der Waals surface area (Å²) in [7, 11) is 0. The molecule has 0 radical (unpaired) electrons. The molecule has 8 nitrogen and oxygen atoms in total. The van der Waals surface area contributed by atoms with Gasteiger partial charge in [-0.05, 0) is 42.0 Å². The molecule has 0 unspecified atom stereocenters. The molecule has 150 valence electrons. The van der Waals surface area contributed by atoms with Crippen LogP contribution in [0.25, 0.3) is 0 Å². The Labute approximate surface area is 169 Å². The number of benzene rings is 2. The van der Waals surface area contributed by atoms with E-state index >= 15 is 0 Å². The lowest BCUT2D eigenvalue weighted by Crippen LogP contribution is -2.40. The largest absolute Gasteiger partial charge is 0.454 e. The molecule has 1 amide bonds. The van der Waals surface area contributed by atoms with E-state index in [-0.39, 0.29) is 18.6 Å². The fourth-order valence-corrected chi connectivity index (χ4v) is 3.05. The van der Waals surface area contributed by atoms with Crippen LogP contribution in [0.4, 0.5) is 5.69 Å². The van der Waals surface area contributed by atoms with Crippen LogP contribution >= 0.6 is 0 Å². The number of carbonyl (C=O) groups excluding carboxylic acids is 2. The van der Waals surface area contributed by atoms with Gasteiger partial charge in [0.15, 0.2) is 12.6 Å². The van der Waals surface area contributed by atoms with Crippen molar-refractivity contribution in [2.75, 3.05) is 11.5 Å². The molecule has 0 aliphatic carbocycles. The van der Waals surface area contributed by atoms with Gasteiger partial charge in [0.2, 0.25) is 0 Å². The molecule has 1 aromatic heterocycles. The average Bonchev–Trinajstić information content (AvgIpc) is 3.26. The monoisotopic (exact) mass is 393 g/mol. The van der Waals surface area contributed by atoms with E-state index in [1.54, 1.807) is 4.90 Å². The molecular weight excluding hydrogens is 370 g/mol. The number of carbonyl (C=O) groups is 2. The SMILES string of the molecule is CC(C)N(C(=O)COC(=O)[C@@H](Cc1ccccc1)n1cnnn1)c1ccccc1. The highest BCUT2D eigenvalue weighted by Crippen LogP contribution is 2.18. The molecule has 1 heterocycles. The number of para-hydroxylation sites is 1. The Bertz CT molecular complexity index is 914. The number of aromatic nitrogens is 4. The van der Waals surface area contributed by atoms with Crippen LogP contribution in [0.3, 0.4) is 0 Å². The van der Waals surface area contributed by atoms with E-state index in [9.17, 15) is 9.59 Å². The van der Waals surface area contributed by atoms with Crippen molar-refractivity contribution in [1.29, 1.82) is 0 Å². The van der Waals surface area contributed by atoms with Crippen molar-refractivity contribution >= 4 is 17.6 Å². The second-order valence-corrected chi connectivity index (χ2v) is 6.80. The molecule has 0 aliphatic heterocycles. The van der Waals surface area contributed by atoms with Gasteiger partial charge in [-0.1, -0.05) is 48.5 Å². The number of ether oxygens (including phenoxy) is 1. The first-order valence-electron chi connectivity index (χ1n) is 9.36. The van der Waals surface area contributed by atoms with Crippen LogP contribution in [0.15, 0.2) is 67.0 Å². The summed E-state index contributed by atoms with van der Waals surface area (Å²) in [5, 5.41) is 11.0. The van der Waals surface area contributed by atoms with Crippen molar-refractivity contribution in [2.24, 2.45) is 0 Å². The van der Waals surface area contributed by atoms with E-state index in [0.29, 0.717) is 6.42 Å². The van der Waals surface area contributed by atoms with Gasteiger partial charge in [0.05, 0.1) is 0 Å². The van der Waals surface area contributed by atoms with Gasteiger partial charge < -0.3 is 9.64 Å². The molecule has 0 fully saturated rings. The van der Waals surface area contributed by atoms with Crippen molar-refractivity contribution < 1.29 is 14.3 Å². The Morgan fingerprint density at radius 1 is 1.03 bits per heavy atom. The fraction of sp³-hybridized carbons (Fsp3) is 0.286. The number of tetrazole rings is 1.